The molecule has 0 aliphatic heterocycles. The average Bonchev–Trinajstić information content (AvgIpc) is 2.86. The van der Waals surface area contributed by atoms with Gasteiger partial charge in [0.15, 0.2) is 0 Å². The van der Waals surface area contributed by atoms with E-state index in [1.165, 1.54) is 36.7 Å². The number of nitrogens with zero attached hydrogens (tertiary/aromatic N) is 1. The van der Waals surface area contributed by atoms with Crippen molar-refractivity contribution in [1.82, 2.24) is 4.31 Å². The van der Waals surface area contributed by atoms with Crippen molar-refractivity contribution in [2.24, 2.45) is 0 Å². The average molecular weight is 503 g/mol. The zero-order valence-electron chi connectivity index (χ0n) is 20.1. The molecule has 2 aromatic carbocycles. The molecule has 0 atom stereocenters. The van der Waals surface area contributed by atoms with Gasteiger partial charge in [-0.1, -0.05) is 37.0 Å². The predicted octanol–water partition coefficient (Wildman–Crippen LogP) is 3.53. The number of rotatable bonds is 8. The number of aryl methyl sites for hydroxylation is 1. The molecule has 0 heterocycles. The Hall–Kier alpha value is -3.24. The van der Waals surface area contributed by atoms with Crippen LogP contribution in [0.3, 0.4) is 0 Å². The molecule has 1 aliphatic rings. The third-order valence-corrected chi connectivity index (χ3v) is 7.88. The highest BCUT2D eigenvalue weighted by Crippen LogP contribution is 2.28. The van der Waals surface area contributed by atoms with E-state index in [9.17, 15) is 22.8 Å². The van der Waals surface area contributed by atoms with E-state index in [0.29, 0.717) is 12.8 Å². The summed E-state index contributed by atoms with van der Waals surface area (Å²) >= 11 is 0. The van der Waals surface area contributed by atoms with E-state index >= 15 is 0 Å². The van der Waals surface area contributed by atoms with Gasteiger partial charge in [0.1, 0.15) is 0 Å². The number of benzene rings is 2. The van der Waals surface area contributed by atoms with Gasteiger partial charge in [0, 0.05) is 11.7 Å². The fraction of sp³-hybridized carbons (Fsp3) is 0.400. The van der Waals surface area contributed by atoms with Crippen LogP contribution < -0.4 is 5.32 Å². The number of ether oxygens (including phenoxy) is 2. The maximum absolute atomic E-state index is 13.5. The van der Waals surface area contributed by atoms with Crippen LogP contribution in [0.1, 0.15) is 58.4 Å². The van der Waals surface area contributed by atoms with Crippen molar-refractivity contribution < 1.29 is 32.3 Å². The molecule has 0 saturated heterocycles. The van der Waals surface area contributed by atoms with Crippen LogP contribution >= 0.6 is 0 Å². The van der Waals surface area contributed by atoms with Crippen LogP contribution in [-0.2, 0) is 24.3 Å². The first-order valence-electron chi connectivity index (χ1n) is 11.4. The standard InChI is InChI=1S/C25H30N2O7S/c1-17-9-11-22(12-10-17)35(31,32)27(21-7-5-4-6-8-21)16-23(28)26-20-14-18(24(29)33-2)13-19(15-20)25(30)34-3/h9-15,21H,4-8,16H2,1-3H3,(H,26,28). The molecule has 2 aromatic rings. The number of anilines is 1. The molecule has 188 valence electrons. The van der Waals surface area contributed by atoms with E-state index in [-0.39, 0.29) is 27.8 Å². The number of methoxy groups -OCH3 is 2. The van der Waals surface area contributed by atoms with Crippen LogP contribution in [0.2, 0.25) is 0 Å². The quantitative estimate of drug-likeness (QED) is 0.549. The van der Waals surface area contributed by atoms with E-state index in [4.69, 9.17) is 9.47 Å². The van der Waals surface area contributed by atoms with Crippen molar-refractivity contribution in [3.8, 4) is 0 Å². The summed E-state index contributed by atoms with van der Waals surface area (Å²) in [7, 11) is -1.54. The van der Waals surface area contributed by atoms with Gasteiger partial charge in [0.2, 0.25) is 15.9 Å². The molecule has 0 aromatic heterocycles. The Bertz CT molecular complexity index is 1150. The molecular formula is C25H30N2O7S. The Balaban J connectivity index is 1.89. The zero-order valence-corrected chi connectivity index (χ0v) is 20.9. The molecule has 0 radical (unpaired) electrons. The minimum absolute atomic E-state index is 0.0436. The summed E-state index contributed by atoms with van der Waals surface area (Å²) in [6.07, 6.45) is 4.13. The molecule has 1 saturated carbocycles. The summed E-state index contributed by atoms with van der Waals surface area (Å²) in [4.78, 5) is 37.2. The van der Waals surface area contributed by atoms with Gasteiger partial charge in [0.25, 0.3) is 0 Å². The van der Waals surface area contributed by atoms with Crippen LogP contribution in [0.5, 0.6) is 0 Å². The Morgan fingerprint density at radius 2 is 1.46 bits per heavy atom. The SMILES string of the molecule is COC(=O)c1cc(NC(=O)CN(C2CCCCC2)S(=O)(=O)c2ccc(C)cc2)cc(C(=O)OC)c1. The van der Waals surface area contributed by atoms with Gasteiger partial charge in [-0.25, -0.2) is 18.0 Å². The number of carbonyl (C=O) groups is 3. The zero-order chi connectivity index (χ0) is 25.6. The molecule has 1 amide bonds. The molecular weight excluding hydrogens is 472 g/mol. The van der Waals surface area contributed by atoms with Gasteiger partial charge in [-0.05, 0) is 50.1 Å². The van der Waals surface area contributed by atoms with Gasteiger partial charge in [0.05, 0.1) is 36.8 Å². The lowest BCUT2D eigenvalue weighted by molar-refractivity contribution is -0.116. The summed E-state index contributed by atoms with van der Waals surface area (Å²) in [5, 5.41) is 2.62. The van der Waals surface area contributed by atoms with Gasteiger partial charge in [-0.3, -0.25) is 4.79 Å². The molecule has 1 aliphatic carbocycles. The minimum atomic E-state index is -3.93. The number of esters is 2. The maximum atomic E-state index is 13.5. The lowest BCUT2D eigenvalue weighted by Gasteiger charge is -2.33. The Labute approximate surface area is 205 Å². The highest BCUT2D eigenvalue weighted by molar-refractivity contribution is 7.89. The number of hydrogen-bond acceptors (Lipinski definition) is 7. The lowest BCUT2D eigenvalue weighted by Crippen LogP contribution is -2.45. The second kappa shape index (κ2) is 11.5. The van der Waals surface area contributed by atoms with Crippen LogP contribution in [0.25, 0.3) is 0 Å². The second-order valence-corrected chi connectivity index (χ2v) is 10.4. The third-order valence-electron chi connectivity index (χ3n) is 5.97. The molecule has 0 unspecified atom stereocenters. The first kappa shape index (κ1) is 26.4. The highest BCUT2D eigenvalue weighted by Gasteiger charge is 2.34. The van der Waals surface area contributed by atoms with Crippen molar-refractivity contribution >= 4 is 33.6 Å². The number of amides is 1. The van der Waals surface area contributed by atoms with Crippen molar-refractivity contribution in [1.29, 1.82) is 0 Å². The van der Waals surface area contributed by atoms with Crippen LogP contribution in [0.4, 0.5) is 5.69 Å². The fourth-order valence-corrected chi connectivity index (χ4v) is 5.78. The number of nitrogens with one attached hydrogen (secondary N) is 1. The summed E-state index contributed by atoms with van der Waals surface area (Å²) in [5.74, 6) is -1.99. The van der Waals surface area contributed by atoms with Gasteiger partial charge in [-0.15, -0.1) is 0 Å². The topological polar surface area (TPSA) is 119 Å². The van der Waals surface area contributed by atoms with Crippen molar-refractivity contribution in [2.45, 2.75) is 50.0 Å². The third kappa shape index (κ3) is 6.46. The number of carbonyl (C=O) groups excluding carboxylic acids is 3. The van der Waals surface area contributed by atoms with E-state index in [2.05, 4.69) is 5.32 Å². The summed E-state index contributed by atoms with van der Waals surface area (Å²) in [5.41, 5.74) is 1.16. The summed E-state index contributed by atoms with van der Waals surface area (Å²) in [6.45, 7) is 1.46. The van der Waals surface area contributed by atoms with Crippen LogP contribution in [0.15, 0.2) is 47.4 Å². The van der Waals surface area contributed by atoms with E-state index in [1.807, 2.05) is 6.92 Å². The van der Waals surface area contributed by atoms with Gasteiger partial charge >= 0.3 is 11.9 Å². The normalized spacial score (nSPS) is 14.4. The van der Waals surface area contributed by atoms with E-state index in [1.54, 1.807) is 24.3 Å². The first-order chi connectivity index (χ1) is 16.6. The molecule has 1 fully saturated rings. The molecule has 9 nitrogen and oxygen atoms in total. The summed E-state index contributed by atoms with van der Waals surface area (Å²) < 4.78 is 37.7. The van der Waals surface area contributed by atoms with Crippen molar-refractivity contribution in [2.75, 3.05) is 26.1 Å². The fourth-order valence-electron chi connectivity index (χ4n) is 4.14. The number of sulfonamides is 1. The highest BCUT2D eigenvalue weighted by atomic mass is 32.2. The predicted molar refractivity (Wildman–Crippen MR) is 130 cm³/mol. The van der Waals surface area contributed by atoms with Crippen molar-refractivity contribution in [3.63, 3.8) is 0 Å². The minimum Gasteiger partial charge on any atom is -0.465 e. The molecule has 0 spiro atoms. The molecule has 0 bridgehead atoms. The molecule has 1 N–H and O–H groups in total. The molecule has 10 heteroatoms. The smallest absolute Gasteiger partial charge is 0.337 e. The van der Waals surface area contributed by atoms with Crippen LogP contribution in [0, 0.1) is 6.92 Å². The van der Waals surface area contributed by atoms with Gasteiger partial charge in [-0.2, -0.15) is 4.31 Å². The Kier molecular flexibility index (Phi) is 8.63. The van der Waals surface area contributed by atoms with E-state index in [0.717, 1.165) is 24.8 Å². The first-order valence-corrected chi connectivity index (χ1v) is 12.8. The van der Waals surface area contributed by atoms with Crippen LogP contribution in [-0.4, -0.2) is 57.4 Å². The largest absolute Gasteiger partial charge is 0.465 e. The lowest BCUT2D eigenvalue weighted by atomic mass is 9.95. The monoisotopic (exact) mass is 502 g/mol. The second-order valence-electron chi connectivity index (χ2n) is 8.49. The molecule has 3 rings (SSSR count). The Morgan fingerprint density at radius 3 is 1.97 bits per heavy atom. The van der Waals surface area contributed by atoms with E-state index < -0.39 is 34.4 Å². The summed E-state index contributed by atoms with van der Waals surface area (Å²) in [6, 6.07) is 10.2. The number of hydrogen-bond donors (Lipinski definition) is 1. The van der Waals surface area contributed by atoms with Crippen molar-refractivity contribution in [3.05, 3.63) is 59.2 Å². The molecule has 35 heavy (non-hydrogen) atoms. The van der Waals surface area contributed by atoms with Gasteiger partial charge < -0.3 is 14.8 Å². The maximum Gasteiger partial charge on any atom is 0.337 e. The Morgan fingerprint density at radius 1 is 0.914 bits per heavy atom.